The van der Waals surface area contributed by atoms with Gasteiger partial charge in [-0.05, 0) is 31.2 Å². The van der Waals surface area contributed by atoms with E-state index in [1.807, 2.05) is 6.92 Å². The Morgan fingerprint density at radius 1 is 1.15 bits per heavy atom. The first-order valence-electron chi connectivity index (χ1n) is 6.77. The van der Waals surface area contributed by atoms with E-state index in [0.717, 1.165) is 12.2 Å². The molecule has 1 aliphatic rings. The minimum absolute atomic E-state index is 0.164. The van der Waals surface area contributed by atoms with Crippen LogP contribution in [-0.4, -0.2) is 45.5 Å². The molecule has 0 fully saturated rings. The molecule has 1 aromatic rings. The van der Waals surface area contributed by atoms with Crippen LogP contribution >= 0.6 is 11.8 Å². The van der Waals surface area contributed by atoms with Crippen LogP contribution in [0.3, 0.4) is 0 Å². The lowest BCUT2D eigenvalue weighted by Crippen LogP contribution is -2.31. The maximum Gasteiger partial charge on any atom is 0.261 e. The molecule has 1 heterocycles. The minimum Gasteiger partial charge on any atom is -0.392 e. The smallest absolute Gasteiger partial charge is 0.261 e. The first kappa shape index (κ1) is 15.1. The molecule has 0 saturated carbocycles. The van der Waals surface area contributed by atoms with Crippen LogP contribution in [0.1, 0.15) is 41.0 Å². The molecular formula is C15H19NO3S. The summed E-state index contributed by atoms with van der Waals surface area (Å²) in [6, 6.07) is 6.93. The molecule has 2 rings (SSSR count). The van der Waals surface area contributed by atoms with Crippen molar-refractivity contribution in [2.24, 2.45) is 0 Å². The van der Waals surface area contributed by atoms with Crippen molar-refractivity contribution in [1.82, 2.24) is 4.90 Å². The van der Waals surface area contributed by atoms with E-state index in [1.165, 1.54) is 4.90 Å². The quantitative estimate of drug-likeness (QED) is 0.645. The van der Waals surface area contributed by atoms with Crippen molar-refractivity contribution in [3.8, 4) is 0 Å². The standard InChI is InChI=1S/C15H19NO3S/c1-10(17)11(2)20-9-5-8-16-14(18)12-6-3-4-7-13(12)15(16)19/h3-4,6-7,10-11,17H,5,8-9H2,1-2H3. The SMILES string of the molecule is CC(O)C(C)SCCCN1C(=O)c2ccccc2C1=O. The molecule has 0 aliphatic carbocycles. The van der Waals surface area contributed by atoms with Gasteiger partial charge in [0.2, 0.25) is 0 Å². The minimum atomic E-state index is -0.348. The number of amides is 2. The average molecular weight is 293 g/mol. The molecule has 2 unspecified atom stereocenters. The van der Waals surface area contributed by atoms with Gasteiger partial charge in [0.05, 0.1) is 17.2 Å². The van der Waals surface area contributed by atoms with Crippen molar-refractivity contribution in [2.75, 3.05) is 12.3 Å². The average Bonchev–Trinajstić information content (AvgIpc) is 2.68. The van der Waals surface area contributed by atoms with Gasteiger partial charge in [0.25, 0.3) is 11.8 Å². The lowest BCUT2D eigenvalue weighted by molar-refractivity contribution is 0.0655. The second kappa shape index (κ2) is 6.41. The summed E-state index contributed by atoms with van der Waals surface area (Å²) in [4.78, 5) is 25.5. The highest BCUT2D eigenvalue weighted by molar-refractivity contribution is 7.99. The number of hydrogen-bond donors (Lipinski definition) is 1. The van der Waals surface area contributed by atoms with Crippen LogP contribution < -0.4 is 0 Å². The van der Waals surface area contributed by atoms with E-state index in [-0.39, 0.29) is 23.2 Å². The zero-order chi connectivity index (χ0) is 14.7. The Morgan fingerprint density at radius 3 is 2.20 bits per heavy atom. The van der Waals surface area contributed by atoms with Crippen molar-refractivity contribution < 1.29 is 14.7 Å². The van der Waals surface area contributed by atoms with Crippen LogP contribution in [0.15, 0.2) is 24.3 Å². The number of nitrogens with zero attached hydrogens (tertiary/aromatic N) is 1. The largest absolute Gasteiger partial charge is 0.392 e. The molecule has 2 amide bonds. The number of hydrogen-bond acceptors (Lipinski definition) is 4. The Bertz CT molecular complexity index is 481. The van der Waals surface area contributed by atoms with Gasteiger partial charge in [-0.3, -0.25) is 14.5 Å². The van der Waals surface area contributed by atoms with Gasteiger partial charge in [-0.2, -0.15) is 11.8 Å². The molecule has 1 aliphatic heterocycles. The Labute approximate surface area is 123 Å². The first-order chi connectivity index (χ1) is 9.52. The highest BCUT2D eigenvalue weighted by Gasteiger charge is 2.34. The van der Waals surface area contributed by atoms with Gasteiger partial charge < -0.3 is 5.11 Å². The number of aliphatic hydroxyl groups excluding tert-OH is 1. The van der Waals surface area contributed by atoms with Crippen molar-refractivity contribution >= 4 is 23.6 Å². The summed E-state index contributed by atoms with van der Waals surface area (Å²) < 4.78 is 0. The molecule has 0 saturated heterocycles. The molecule has 2 atom stereocenters. The van der Waals surface area contributed by atoms with Crippen LogP contribution in [-0.2, 0) is 0 Å². The van der Waals surface area contributed by atoms with Crippen molar-refractivity contribution in [3.63, 3.8) is 0 Å². The fourth-order valence-electron chi connectivity index (χ4n) is 2.07. The molecule has 1 N–H and O–H groups in total. The highest BCUT2D eigenvalue weighted by Crippen LogP contribution is 2.23. The van der Waals surface area contributed by atoms with E-state index < -0.39 is 0 Å². The van der Waals surface area contributed by atoms with E-state index in [2.05, 4.69) is 0 Å². The predicted octanol–water partition coefficient (Wildman–Crippen LogP) is 2.18. The second-order valence-electron chi connectivity index (χ2n) is 4.98. The summed E-state index contributed by atoms with van der Waals surface area (Å²) in [6.45, 7) is 4.17. The molecule has 108 valence electrons. The molecule has 1 aromatic carbocycles. The maximum absolute atomic E-state index is 12.1. The van der Waals surface area contributed by atoms with E-state index in [1.54, 1.807) is 43.0 Å². The van der Waals surface area contributed by atoms with E-state index in [0.29, 0.717) is 17.7 Å². The molecular weight excluding hydrogens is 274 g/mol. The maximum atomic E-state index is 12.1. The van der Waals surface area contributed by atoms with E-state index in [9.17, 15) is 14.7 Å². The number of benzene rings is 1. The molecule has 20 heavy (non-hydrogen) atoms. The fraction of sp³-hybridized carbons (Fsp3) is 0.467. The number of fused-ring (bicyclic) bond motifs is 1. The third kappa shape index (κ3) is 3.04. The van der Waals surface area contributed by atoms with Crippen molar-refractivity contribution in [3.05, 3.63) is 35.4 Å². The third-order valence-corrected chi connectivity index (χ3v) is 4.91. The van der Waals surface area contributed by atoms with Crippen LogP contribution in [0.4, 0.5) is 0 Å². The van der Waals surface area contributed by atoms with Gasteiger partial charge in [0.15, 0.2) is 0 Å². The van der Waals surface area contributed by atoms with Gasteiger partial charge >= 0.3 is 0 Å². The normalized spacial score (nSPS) is 17.2. The lowest BCUT2D eigenvalue weighted by atomic mass is 10.1. The highest BCUT2D eigenvalue weighted by atomic mass is 32.2. The van der Waals surface area contributed by atoms with Crippen molar-refractivity contribution in [2.45, 2.75) is 31.6 Å². The number of thioether (sulfide) groups is 1. The monoisotopic (exact) mass is 293 g/mol. The second-order valence-corrected chi connectivity index (χ2v) is 6.46. The molecule has 0 bridgehead atoms. The van der Waals surface area contributed by atoms with Gasteiger partial charge in [0, 0.05) is 11.8 Å². The Morgan fingerprint density at radius 2 is 1.70 bits per heavy atom. The lowest BCUT2D eigenvalue weighted by Gasteiger charge is -2.16. The van der Waals surface area contributed by atoms with Gasteiger partial charge in [-0.1, -0.05) is 19.1 Å². The van der Waals surface area contributed by atoms with Gasteiger partial charge in [-0.15, -0.1) is 0 Å². The zero-order valence-corrected chi connectivity index (χ0v) is 12.5. The van der Waals surface area contributed by atoms with Crippen molar-refractivity contribution in [1.29, 1.82) is 0 Å². The van der Waals surface area contributed by atoms with Crippen LogP contribution in [0.5, 0.6) is 0 Å². The molecule has 0 spiro atoms. The zero-order valence-electron chi connectivity index (χ0n) is 11.7. The fourth-order valence-corrected chi connectivity index (χ4v) is 3.02. The summed E-state index contributed by atoms with van der Waals surface area (Å²) in [5, 5.41) is 9.56. The number of aliphatic hydroxyl groups is 1. The summed E-state index contributed by atoms with van der Waals surface area (Å²) in [7, 11) is 0. The Kier molecular flexibility index (Phi) is 4.83. The summed E-state index contributed by atoms with van der Waals surface area (Å²) in [5.41, 5.74) is 1.00. The molecule has 5 heteroatoms. The van der Waals surface area contributed by atoms with Crippen LogP contribution in [0, 0.1) is 0 Å². The van der Waals surface area contributed by atoms with Crippen LogP contribution in [0.25, 0.3) is 0 Å². The van der Waals surface area contributed by atoms with Crippen LogP contribution in [0.2, 0.25) is 0 Å². The predicted molar refractivity (Wildman–Crippen MR) is 80.0 cm³/mol. The summed E-state index contributed by atoms with van der Waals surface area (Å²) in [6.07, 6.45) is 0.395. The number of imide groups is 1. The van der Waals surface area contributed by atoms with Gasteiger partial charge in [-0.25, -0.2) is 0 Å². The number of rotatable bonds is 6. The van der Waals surface area contributed by atoms with E-state index in [4.69, 9.17) is 0 Å². The Hall–Kier alpha value is -1.33. The topological polar surface area (TPSA) is 57.6 Å². The first-order valence-corrected chi connectivity index (χ1v) is 7.82. The molecule has 0 radical (unpaired) electrons. The molecule has 4 nitrogen and oxygen atoms in total. The number of carbonyl (C=O) groups excluding carboxylic acids is 2. The number of carbonyl (C=O) groups is 2. The Balaban J connectivity index is 1.87. The summed E-state index contributed by atoms with van der Waals surface area (Å²) >= 11 is 1.65. The van der Waals surface area contributed by atoms with Gasteiger partial charge in [0.1, 0.15) is 0 Å². The molecule has 0 aromatic heterocycles. The van der Waals surface area contributed by atoms with E-state index >= 15 is 0 Å². The third-order valence-electron chi connectivity index (χ3n) is 3.46. The summed E-state index contributed by atoms with van der Waals surface area (Å²) in [5.74, 6) is 0.429.